The van der Waals surface area contributed by atoms with E-state index in [-0.39, 0.29) is 10.8 Å². The van der Waals surface area contributed by atoms with Crippen molar-refractivity contribution in [1.82, 2.24) is 15.0 Å². The number of H-pyrrole nitrogens is 1. The maximum atomic E-state index is 5.04. The van der Waals surface area contributed by atoms with E-state index in [0.29, 0.717) is 11.8 Å². The number of hydrogen-bond acceptors (Lipinski definition) is 2. The zero-order valence-corrected chi connectivity index (χ0v) is 28.6. The standard InChI is InChI=1S/C42H47N3/c1-25(2)29-19-32(26(3)4)38(44-24-29)28-15-13-14-27(18-28)33-20-30(41(5,6)7)21-34-35-22-31(42(8,9)10)23-36(40(35)45-39(33)34)37-16-11-12-17-43-37/h11-26,45H,1-10H3. The fourth-order valence-corrected chi connectivity index (χ4v) is 6.25. The predicted octanol–water partition coefficient (Wildman–Crippen LogP) is 12.0. The summed E-state index contributed by atoms with van der Waals surface area (Å²) in [5.74, 6) is 0.821. The van der Waals surface area contributed by atoms with Gasteiger partial charge in [-0.15, -0.1) is 0 Å². The quantitative estimate of drug-likeness (QED) is 0.216. The molecule has 0 amide bonds. The molecule has 0 fully saturated rings. The molecule has 0 radical (unpaired) electrons. The molecule has 0 spiro atoms. The van der Waals surface area contributed by atoms with Crippen LogP contribution in [0.2, 0.25) is 0 Å². The van der Waals surface area contributed by atoms with Crippen molar-refractivity contribution < 1.29 is 0 Å². The molecule has 0 aliphatic carbocycles. The van der Waals surface area contributed by atoms with Gasteiger partial charge in [0.25, 0.3) is 0 Å². The van der Waals surface area contributed by atoms with Crippen LogP contribution in [-0.2, 0) is 10.8 Å². The molecule has 3 heteroatoms. The number of fused-ring (bicyclic) bond motifs is 3. The first-order valence-corrected chi connectivity index (χ1v) is 16.4. The minimum atomic E-state index is -0.0192. The third-order valence-electron chi connectivity index (χ3n) is 9.16. The Kier molecular flexibility index (Phi) is 7.72. The Balaban J connectivity index is 1.65. The van der Waals surface area contributed by atoms with Gasteiger partial charge in [-0.1, -0.05) is 99.6 Å². The summed E-state index contributed by atoms with van der Waals surface area (Å²) < 4.78 is 0. The number of aromatic amines is 1. The molecule has 3 aromatic carbocycles. The minimum Gasteiger partial charge on any atom is -0.353 e. The fraction of sp³-hybridized carbons (Fsp3) is 0.333. The first-order valence-electron chi connectivity index (χ1n) is 16.4. The Morgan fingerprint density at radius 1 is 0.600 bits per heavy atom. The minimum absolute atomic E-state index is 0.00759. The number of benzene rings is 3. The van der Waals surface area contributed by atoms with E-state index in [1.807, 2.05) is 12.3 Å². The molecular formula is C42H47N3. The Bertz CT molecular complexity index is 2010. The molecule has 230 valence electrons. The normalized spacial score (nSPS) is 12.6. The Labute approximate surface area is 269 Å². The van der Waals surface area contributed by atoms with Gasteiger partial charge in [0.2, 0.25) is 0 Å². The highest BCUT2D eigenvalue weighted by Crippen LogP contribution is 2.43. The van der Waals surface area contributed by atoms with Crippen LogP contribution < -0.4 is 0 Å². The van der Waals surface area contributed by atoms with Gasteiger partial charge in [0.1, 0.15) is 0 Å². The lowest BCUT2D eigenvalue weighted by atomic mass is 9.82. The smallest absolute Gasteiger partial charge is 0.0736 e. The van der Waals surface area contributed by atoms with E-state index in [2.05, 4.69) is 147 Å². The van der Waals surface area contributed by atoms with Crippen LogP contribution in [-0.4, -0.2) is 15.0 Å². The van der Waals surface area contributed by atoms with Gasteiger partial charge in [-0.05, 0) is 92.9 Å². The van der Waals surface area contributed by atoms with Crippen LogP contribution in [0.25, 0.3) is 55.4 Å². The second-order valence-electron chi connectivity index (χ2n) is 15.3. The summed E-state index contributed by atoms with van der Waals surface area (Å²) in [5, 5.41) is 2.50. The molecule has 3 heterocycles. The summed E-state index contributed by atoms with van der Waals surface area (Å²) in [6.07, 6.45) is 3.94. The van der Waals surface area contributed by atoms with Crippen molar-refractivity contribution in [3.63, 3.8) is 0 Å². The van der Waals surface area contributed by atoms with E-state index in [4.69, 9.17) is 9.97 Å². The summed E-state index contributed by atoms with van der Waals surface area (Å²) in [5.41, 5.74) is 14.2. The Morgan fingerprint density at radius 3 is 1.80 bits per heavy atom. The largest absolute Gasteiger partial charge is 0.353 e. The molecule has 0 atom stereocenters. The summed E-state index contributed by atoms with van der Waals surface area (Å²) in [6.45, 7) is 22.8. The van der Waals surface area contributed by atoms with Gasteiger partial charge in [0.05, 0.1) is 22.4 Å². The van der Waals surface area contributed by atoms with Crippen LogP contribution in [0, 0.1) is 0 Å². The van der Waals surface area contributed by atoms with E-state index in [1.165, 1.54) is 44.2 Å². The zero-order valence-electron chi connectivity index (χ0n) is 28.6. The second kappa shape index (κ2) is 11.3. The maximum Gasteiger partial charge on any atom is 0.0736 e. The van der Waals surface area contributed by atoms with E-state index in [9.17, 15) is 0 Å². The first kappa shape index (κ1) is 30.8. The van der Waals surface area contributed by atoms with Crippen LogP contribution in [0.4, 0.5) is 0 Å². The topological polar surface area (TPSA) is 41.6 Å². The Morgan fingerprint density at radius 2 is 1.22 bits per heavy atom. The van der Waals surface area contributed by atoms with Gasteiger partial charge >= 0.3 is 0 Å². The van der Waals surface area contributed by atoms with Gasteiger partial charge in [0, 0.05) is 39.9 Å². The highest BCUT2D eigenvalue weighted by atomic mass is 14.7. The van der Waals surface area contributed by atoms with Gasteiger partial charge in [-0.3, -0.25) is 9.97 Å². The molecule has 0 bridgehead atoms. The molecule has 6 rings (SSSR count). The molecule has 45 heavy (non-hydrogen) atoms. The summed E-state index contributed by atoms with van der Waals surface area (Å²) in [7, 11) is 0. The summed E-state index contributed by atoms with van der Waals surface area (Å²) >= 11 is 0. The van der Waals surface area contributed by atoms with Gasteiger partial charge in [-0.25, -0.2) is 0 Å². The molecule has 1 N–H and O–H groups in total. The lowest BCUT2D eigenvalue weighted by molar-refractivity contribution is 0.590. The summed E-state index contributed by atoms with van der Waals surface area (Å²) in [6, 6.07) is 27.0. The predicted molar refractivity (Wildman–Crippen MR) is 193 cm³/mol. The molecule has 3 aromatic heterocycles. The maximum absolute atomic E-state index is 5.04. The van der Waals surface area contributed by atoms with Crippen molar-refractivity contribution in [3.05, 3.63) is 107 Å². The highest BCUT2D eigenvalue weighted by molar-refractivity contribution is 6.16. The number of nitrogens with one attached hydrogen (secondary N) is 1. The van der Waals surface area contributed by atoms with Gasteiger partial charge in [0.15, 0.2) is 0 Å². The lowest BCUT2D eigenvalue weighted by Crippen LogP contribution is -2.11. The number of rotatable bonds is 5. The second-order valence-corrected chi connectivity index (χ2v) is 15.3. The van der Waals surface area contributed by atoms with E-state index in [0.717, 1.165) is 33.5 Å². The van der Waals surface area contributed by atoms with Crippen molar-refractivity contribution >= 4 is 21.8 Å². The molecule has 6 aromatic rings. The zero-order chi connectivity index (χ0) is 32.3. The molecule has 0 saturated carbocycles. The Hall–Kier alpha value is -4.24. The molecule has 0 saturated heterocycles. The molecule has 0 aliphatic rings. The van der Waals surface area contributed by atoms with Crippen LogP contribution in [0.3, 0.4) is 0 Å². The van der Waals surface area contributed by atoms with Gasteiger partial charge in [-0.2, -0.15) is 0 Å². The van der Waals surface area contributed by atoms with Crippen molar-refractivity contribution in [3.8, 4) is 33.6 Å². The lowest BCUT2D eigenvalue weighted by Gasteiger charge is -2.22. The average Bonchev–Trinajstić information content (AvgIpc) is 3.38. The van der Waals surface area contributed by atoms with Crippen molar-refractivity contribution in [2.24, 2.45) is 0 Å². The average molecular weight is 594 g/mol. The van der Waals surface area contributed by atoms with Crippen LogP contribution >= 0.6 is 0 Å². The van der Waals surface area contributed by atoms with Crippen LogP contribution in [0.1, 0.15) is 103 Å². The number of aromatic nitrogens is 3. The molecule has 0 unspecified atom stereocenters. The van der Waals surface area contributed by atoms with Crippen molar-refractivity contribution in [2.75, 3.05) is 0 Å². The van der Waals surface area contributed by atoms with E-state index < -0.39 is 0 Å². The first-order chi connectivity index (χ1) is 21.2. The number of nitrogens with zero attached hydrogens (tertiary/aromatic N) is 2. The van der Waals surface area contributed by atoms with Crippen LogP contribution in [0.15, 0.2) is 85.2 Å². The van der Waals surface area contributed by atoms with Crippen molar-refractivity contribution in [1.29, 1.82) is 0 Å². The molecule has 0 aliphatic heterocycles. The number of hydrogen-bond donors (Lipinski definition) is 1. The third kappa shape index (κ3) is 5.81. The fourth-order valence-electron chi connectivity index (χ4n) is 6.25. The molecule has 3 nitrogen and oxygen atoms in total. The highest BCUT2D eigenvalue weighted by Gasteiger charge is 2.24. The number of pyridine rings is 2. The van der Waals surface area contributed by atoms with Crippen LogP contribution in [0.5, 0.6) is 0 Å². The monoisotopic (exact) mass is 593 g/mol. The summed E-state index contributed by atoms with van der Waals surface area (Å²) in [4.78, 5) is 13.8. The molecular weight excluding hydrogens is 546 g/mol. The van der Waals surface area contributed by atoms with Gasteiger partial charge < -0.3 is 4.98 Å². The SMILES string of the molecule is CC(C)c1cnc(-c2cccc(-c3cc(C(C)(C)C)cc4c3[nH]c3c(-c5ccccn5)cc(C(C)(C)C)cc34)c2)c(C(C)C)c1. The third-order valence-corrected chi connectivity index (χ3v) is 9.16. The van der Waals surface area contributed by atoms with E-state index in [1.54, 1.807) is 0 Å². The van der Waals surface area contributed by atoms with E-state index >= 15 is 0 Å². The van der Waals surface area contributed by atoms with Crippen molar-refractivity contribution in [2.45, 2.75) is 91.9 Å².